The van der Waals surface area contributed by atoms with Gasteiger partial charge < -0.3 is 10.1 Å². The molecule has 0 saturated heterocycles. The number of hydrogen-bond donors (Lipinski definition) is 2. The maximum Gasteiger partial charge on any atom is 0.250 e. The molecule has 0 bridgehead atoms. The second-order valence-corrected chi connectivity index (χ2v) is 10.9. The van der Waals surface area contributed by atoms with Crippen molar-refractivity contribution >= 4 is 33.0 Å². The Morgan fingerprint density at radius 2 is 1.75 bits per heavy atom. The summed E-state index contributed by atoms with van der Waals surface area (Å²) in [4.78, 5) is 0.925. The zero-order chi connectivity index (χ0) is 23.0. The quantitative estimate of drug-likeness (QED) is 0.333. The molecule has 2 aromatic carbocycles. The van der Waals surface area contributed by atoms with E-state index >= 15 is 0 Å². The average molecular weight is 493 g/mol. The summed E-state index contributed by atoms with van der Waals surface area (Å²) in [6.07, 6.45) is 1.69. The maximum absolute atomic E-state index is 12.4. The molecule has 172 valence electrons. The van der Waals surface area contributed by atoms with E-state index in [1.54, 1.807) is 6.07 Å². The zero-order valence-electron chi connectivity index (χ0n) is 18.4. The van der Waals surface area contributed by atoms with Gasteiger partial charge in [-0.25, -0.2) is 13.1 Å². The maximum atomic E-state index is 12.4. The van der Waals surface area contributed by atoms with Crippen molar-refractivity contribution in [3.05, 3.63) is 70.7 Å². The second-order valence-electron chi connectivity index (χ2n) is 7.38. The Kier molecular flexibility index (Phi) is 9.13. The van der Waals surface area contributed by atoms with Crippen LogP contribution in [0.25, 0.3) is 10.4 Å². The first-order valence-corrected chi connectivity index (χ1v) is 13.4. The van der Waals surface area contributed by atoms with Crippen molar-refractivity contribution in [2.75, 3.05) is 13.2 Å². The lowest BCUT2D eigenvalue weighted by atomic mass is 10.1. The number of sulfonamides is 1. The van der Waals surface area contributed by atoms with E-state index in [1.807, 2.05) is 49.4 Å². The molecule has 0 amide bonds. The van der Waals surface area contributed by atoms with E-state index in [4.69, 9.17) is 16.3 Å². The van der Waals surface area contributed by atoms with Gasteiger partial charge in [-0.3, -0.25) is 0 Å². The molecule has 0 atom stereocenters. The van der Waals surface area contributed by atoms with Crippen molar-refractivity contribution in [1.29, 1.82) is 0 Å². The van der Waals surface area contributed by atoms with Crippen LogP contribution in [0, 0.1) is 0 Å². The summed E-state index contributed by atoms with van der Waals surface area (Å²) in [5, 5.41) is 4.15. The molecule has 5 nitrogen and oxygen atoms in total. The molecule has 0 spiro atoms. The summed E-state index contributed by atoms with van der Waals surface area (Å²) in [5.74, 6) is 0.838. The highest BCUT2D eigenvalue weighted by molar-refractivity contribution is 7.91. The predicted molar refractivity (Wildman–Crippen MR) is 133 cm³/mol. The van der Waals surface area contributed by atoms with Crippen LogP contribution < -0.4 is 14.8 Å². The molecule has 1 aromatic heterocycles. The number of hydrogen-bond acceptors (Lipinski definition) is 5. The van der Waals surface area contributed by atoms with Crippen LogP contribution in [-0.4, -0.2) is 21.6 Å². The Labute approximate surface area is 199 Å². The van der Waals surface area contributed by atoms with Crippen LogP contribution in [0.5, 0.6) is 5.75 Å². The van der Waals surface area contributed by atoms with Crippen LogP contribution in [0.2, 0.25) is 5.02 Å². The molecular formula is C24H29ClN2O3S2. The topological polar surface area (TPSA) is 67.4 Å². The summed E-state index contributed by atoms with van der Waals surface area (Å²) in [6.45, 7) is 6.35. The molecule has 0 aliphatic carbocycles. The second kappa shape index (κ2) is 11.8. The van der Waals surface area contributed by atoms with Crippen molar-refractivity contribution in [2.24, 2.45) is 0 Å². The fourth-order valence-corrected chi connectivity index (χ4v) is 5.94. The van der Waals surface area contributed by atoms with Gasteiger partial charge in [0.15, 0.2) is 0 Å². The monoisotopic (exact) mass is 492 g/mol. The van der Waals surface area contributed by atoms with E-state index in [0.717, 1.165) is 40.2 Å². The van der Waals surface area contributed by atoms with Crippen LogP contribution in [-0.2, 0) is 23.1 Å². The molecule has 0 unspecified atom stereocenters. The van der Waals surface area contributed by atoms with Crippen molar-refractivity contribution in [3.63, 3.8) is 0 Å². The summed E-state index contributed by atoms with van der Waals surface area (Å²) >= 11 is 7.47. The fraction of sp³-hybridized carbons (Fsp3) is 0.333. The van der Waals surface area contributed by atoms with Gasteiger partial charge in [-0.05, 0) is 54.3 Å². The lowest BCUT2D eigenvalue weighted by molar-refractivity contribution is 0.313. The third-order valence-electron chi connectivity index (χ3n) is 4.79. The third kappa shape index (κ3) is 6.56. The number of rotatable bonds is 12. The van der Waals surface area contributed by atoms with E-state index in [-0.39, 0.29) is 0 Å². The van der Waals surface area contributed by atoms with Crippen LogP contribution in [0.4, 0.5) is 0 Å². The Morgan fingerprint density at radius 1 is 0.969 bits per heavy atom. The highest BCUT2D eigenvalue weighted by Crippen LogP contribution is 2.33. The van der Waals surface area contributed by atoms with E-state index in [1.165, 1.54) is 11.3 Å². The minimum absolute atomic E-state index is 0.334. The number of thiophene rings is 1. The van der Waals surface area contributed by atoms with Crippen molar-refractivity contribution in [1.82, 2.24) is 10.0 Å². The number of ether oxygens (including phenoxy) is 1. The van der Waals surface area contributed by atoms with Gasteiger partial charge in [-0.2, -0.15) is 0 Å². The first-order chi connectivity index (χ1) is 15.4. The zero-order valence-corrected chi connectivity index (χ0v) is 20.7. The molecule has 0 aliphatic rings. The van der Waals surface area contributed by atoms with Gasteiger partial charge in [0.1, 0.15) is 9.96 Å². The Bertz CT molecular complexity index is 1130. The lowest BCUT2D eigenvalue weighted by Crippen LogP contribution is -2.23. The Hall–Kier alpha value is -1.90. The summed E-state index contributed by atoms with van der Waals surface area (Å²) < 4.78 is 33.7. The molecule has 0 saturated carbocycles. The van der Waals surface area contributed by atoms with Gasteiger partial charge in [-0.1, -0.05) is 49.7 Å². The van der Waals surface area contributed by atoms with Gasteiger partial charge in [0.2, 0.25) is 10.0 Å². The minimum atomic E-state index is -3.47. The van der Waals surface area contributed by atoms with E-state index < -0.39 is 10.0 Å². The van der Waals surface area contributed by atoms with Gasteiger partial charge in [0.05, 0.1) is 6.61 Å². The van der Waals surface area contributed by atoms with Crippen molar-refractivity contribution in [3.8, 4) is 16.2 Å². The molecule has 32 heavy (non-hydrogen) atoms. The van der Waals surface area contributed by atoms with Crippen LogP contribution >= 0.6 is 22.9 Å². The molecule has 2 N–H and O–H groups in total. The molecule has 0 fully saturated rings. The molecule has 3 rings (SSSR count). The third-order valence-corrected chi connectivity index (χ3v) is 8.09. The largest absolute Gasteiger partial charge is 0.493 e. The lowest BCUT2D eigenvalue weighted by Gasteiger charge is -2.13. The molecule has 8 heteroatoms. The number of benzene rings is 2. The molecule has 0 aliphatic heterocycles. The Balaban J connectivity index is 1.73. The normalized spacial score (nSPS) is 11.6. The van der Waals surface area contributed by atoms with Gasteiger partial charge >= 0.3 is 0 Å². The smallest absolute Gasteiger partial charge is 0.250 e. The van der Waals surface area contributed by atoms with Gasteiger partial charge in [0, 0.05) is 35.1 Å². The molecule has 0 radical (unpaired) electrons. The average Bonchev–Trinajstić information content (AvgIpc) is 3.29. The first kappa shape index (κ1) is 24.7. The van der Waals surface area contributed by atoms with E-state index in [2.05, 4.69) is 23.0 Å². The molecule has 1 heterocycles. The van der Waals surface area contributed by atoms with Gasteiger partial charge in [-0.15, -0.1) is 11.3 Å². The van der Waals surface area contributed by atoms with Crippen molar-refractivity contribution < 1.29 is 13.2 Å². The summed E-state index contributed by atoms with van der Waals surface area (Å²) in [6, 6.07) is 17.2. The van der Waals surface area contributed by atoms with Crippen LogP contribution in [0.15, 0.2) is 58.8 Å². The summed E-state index contributed by atoms with van der Waals surface area (Å²) in [5.41, 5.74) is 3.13. The fourth-order valence-electron chi connectivity index (χ4n) is 3.20. The van der Waals surface area contributed by atoms with Gasteiger partial charge in [0.25, 0.3) is 0 Å². The predicted octanol–water partition coefficient (Wildman–Crippen LogP) is 5.84. The SMILES string of the molecule is CCCNS(=O)(=O)c1ccc(-c2ccccc2CNCc2cc(Cl)ccc2OCCC)s1. The number of halogens is 1. The highest BCUT2D eigenvalue weighted by Gasteiger charge is 2.17. The van der Waals surface area contributed by atoms with Crippen LogP contribution in [0.3, 0.4) is 0 Å². The standard InChI is InChI=1S/C24H29ClN2O3S2/c1-3-13-27-32(28,29)24-12-11-23(31-24)21-8-6-5-7-18(21)16-26-17-19-15-20(25)9-10-22(19)30-14-4-2/h5-12,15,26-27H,3-4,13-14,16-17H2,1-2H3. The molecule has 3 aromatic rings. The minimum Gasteiger partial charge on any atom is -0.493 e. The first-order valence-electron chi connectivity index (χ1n) is 10.7. The van der Waals surface area contributed by atoms with Crippen LogP contribution in [0.1, 0.15) is 37.8 Å². The summed E-state index contributed by atoms with van der Waals surface area (Å²) in [7, 11) is -3.47. The molecular weight excluding hydrogens is 464 g/mol. The Morgan fingerprint density at radius 3 is 2.53 bits per heavy atom. The van der Waals surface area contributed by atoms with E-state index in [0.29, 0.717) is 35.5 Å². The number of nitrogens with one attached hydrogen (secondary N) is 2. The van der Waals surface area contributed by atoms with E-state index in [9.17, 15) is 8.42 Å². The van der Waals surface area contributed by atoms with Crippen molar-refractivity contribution in [2.45, 2.75) is 44.0 Å². The highest BCUT2D eigenvalue weighted by atomic mass is 35.5.